The van der Waals surface area contributed by atoms with Gasteiger partial charge in [-0.25, -0.2) is 4.79 Å². The van der Waals surface area contributed by atoms with Gasteiger partial charge in [-0.2, -0.15) is 0 Å². The maximum atomic E-state index is 10.5. The fraction of sp³-hybridized carbons (Fsp3) is 0.533. The first kappa shape index (κ1) is 14.3. The summed E-state index contributed by atoms with van der Waals surface area (Å²) in [7, 11) is 0. The van der Waals surface area contributed by atoms with E-state index in [4.69, 9.17) is 5.11 Å². The molecule has 1 fully saturated rings. The second kappa shape index (κ2) is 6.87. The summed E-state index contributed by atoms with van der Waals surface area (Å²) in [5.41, 5.74) is 0.993. The number of thiophene rings is 1. The van der Waals surface area contributed by atoms with Crippen molar-refractivity contribution >= 4 is 23.4 Å². The predicted octanol–water partition coefficient (Wildman–Crippen LogP) is 3.61. The van der Waals surface area contributed by atoms with Crippen LogP contribution >= 0.6 is 11.3 Å². The van der Waals surface area contributed by atoms with Gasteiger partial charge in [0, 0.05) is 23.5 Å². The first-order chi connectivity index (χ1) is 9.19. The van der Waals surface area contributed by atoms with Crippen molar-refractivity contribution in [2.45, 2.75) is 45.2 Å². The van der Waals surface area contributed by atoms with E-state index in [1.165, 1.54) is 43.2 Å². The number of hydrogen-bond acceptors (Lipinski definition) is 3. The summed E-state index contributed by atoms with van der Waals surface area (Å²) in [5, 5.41) is 10.6. The molecule has 104 valence electrons. The van der Waals surface area contributed by atoms with Crippen LogP contribution in [0.3, 0.4) is 0 Å². The number of nitrogens with zero attached hydrogens (tertiary/aromatic N) is 1. The highest BCUT2D eigenvalue weighted by molar-refractivity contribution is 7.10. The summed E-state index contributed by atoms with van der Waals surface area (Å²) < 4.78 is 0. The van der Waals surface area contributed by atoms with Crippen molar-refractivity contribution in [2.75, 3.05) is 6.54 Å². The third-order valence-corrected chi connectivity index (χ3v) is 4.61. The van der Waals surface area contributed by atoms with Crippen LogP contribution in [0.4, 0.5) is 0 Å². The Bertz CT molecular complexity index is 453. The maximum absolute atomic E-state index is 10.5. The standard InChI is InChI=1S/C15H21NO2S/c1-2-13-5-3-4-8-16(13)10-14-9-12(11-19-14)6-7-15(17)18/h6-7,9,11,13H,2-5,8,10H2,1H3,(H,17,18). The zero-order valence-electron chi connectivity index (χ0n) is 11.3. The van der Waals surface area contributed by atoms with Crippen LogP contribution in [0.2, 0.25) is 0 Å². The highest BCUT2D eigenvalue weighted by Gasteiger charge is 2.20. The Kier molecular flexibility index (Phi) is 5.16. The average molecular weight is 279 g/mol. The molecule has 2 heterocycles. The number of piperidine rings is 1. The van der Waals surface area contributed by atoms with E-state index < -0.39 is 5.97 Å². The first-order valence-electron chi connectivity index (χ1n) is 6.91. The highest BCUT2D eigenvalue weighted by atomic mass is 32.1. The molecule has 2 rings (SSSR count). The van der Waals surface area contributed by atoms with E-state index in [2.05, 4.69) is 17.9 Å². The van der Waals surface area contributed by atoms with Crippen LogP contribution < -0.4 is 0 Å². The van der Waals surface area contributed by atoms with Gasteiger partial charge in [-0.3, -0.25) is 4.90 Å². The van der Waals surface area contributed by atoms with Gasteiger partial charge in [-0.05, 0) is 48.9 Å². The first-order valence-corrected chi connectivity index (χ1v) is 7.79. The van der Waals surface area contributed by atoms with Crippen molar-refractivity contribution in [2.24, 2.45) is 0 Å². The number of likely N-dealkylation sites (tertiary alicyclic amines) is 1. The molecule has 1 aromatic rings. The Morgan fingerprint density at radius 2 is 2.42 bits per heavy atom. The van der Waals surface area contributed by atoms with Crippen molar-refractivity contribution in [3.05, 3.63) is 28.0 Å². The van der Waals surface area contributed by atoms with Gasteiger partial charge >= 0.3 is 5.97 Å². The van der Waals surface area contributed by atoms with Crippen LogP contribution in [-0.4, -0.2) is 28.6 Å². The van der Waals surface area contributed by atoms with E-state index >= 15 is 0 Å². The van der Waals surface area contributed by atoms with E-state index in [1.807, 2.05) is 5.38 Å². The molecule has 0 saturated carbocycles. The number of carbonyl (C=O) groups is 1. The zero-order valence-corrected chi connectivity index (χ0v) is 12.2. The summed E-state index contributed by atoms with van der Waals surface area (Å²) in [5.74, 6) is -0.894. The summed E-state index contributed by atoms with van der Waals surface area (Å²) in [6, 6.07) is 2.82. The molecular formula is C15H21NO2S. The molecule has 1 saturated heterocycles. The SMILES string of the molecule is CCC1CCCCN1Cc1cc(C=CC(=O)O)cs1. The van der Waals surface area contributed by atoms with Crippen LogP contribution in [0.5, 0.6) is 0 Å². The Balaban J connectivity index is 1.97. The molecule has 0 aliphatic carbocycles. The summed E-state index contributed by atoms with van der Waals surface area (Å²) in [4.78, 5) is 14.4. The Hall–Kier alpha value is -1.13. The van der Waals surface area contributed by atoms with Gasteiger partial charge in [0.1, 0.15) is 0 Å². The van der Waals surface area contributed by atoms with Gasteiger partial charge in [-0.1, -0.05) is 13.3 Å². The van der Waals surface area contributed by atoms with E-state index in [0.29, 0.717) is 6.04 Å². The van der Waals surface area contributed by atoms with Crippen molar-refractivity contribution in [3.8, 4) is 0 Å². The van der Waals surface area contributed by atoms with Gasteiger partial charge < -0.3 is 5.11 Å². The lowest BCUT2D eigenvalue weighted by molar-refractivity contribution is -0.131. The minimum absolute atomic E-state index is 0.717. The largest absolute Gasteiger partial charge is 0.478 e. The fourth-order valence-electron chi connectivity index (χ4n) is 2.67. The molecule has 1 aromatic heterocycles. The molecule has 1 N–H and O–H groups in total. The van der Waals surface area contributed by atoms with Gasteiger partial charge in [-0.15, -0.1) is 11.3 Å². The molecule has 0 radical (unpaired) electrons. The number of hydrogen-bond donors (Lipinski definition) is 1. The summed E-state index contributed by atoms with van der Waals surface area (Å²) >= 11 is 1.72. The van der Waals surface area contributed by atoms with Crippen molar-refractivity contribution in [3.63, 3.8) is 0 Å². The number of carboxylic acids is 1. The van der Waals surface area contributed by atoms with Crippen molar-refractivity contribution < 1.29 is 9.90 Å². The predicted molar refractivity (Wildman–Crippen MR) is 79.3 cm³/mol. The minimum Gasteiger partial charge on any atom is -0.478 e. The lowest BCUT2D eigenvalue weighted by Crippen LogP contribution is -2.38. The second-order valence-corrected chi connectivity index (χ2v) is 6.04. The molecule has 4 heteroatoms. The Morgan fingerprint density at radius 3 is 3.16 bits per heavy atom. The van der Waals surface area contributed by atoms with E-state index in [1.54, 1.807) is 17.4 Å². The average Bonchev–Trinajstić information content (AvgIpc) is 2.85. The number of rotatable bonds is 5. The van der Waals surface area contributed by atoms with Crippen LogP contribution in [0.1, 0.15) is 43.0 Å². The quantitative estimate of drug-likeness (QED) is 0.837. The third kappa shape index (κ3) is 4.18. The van der Waals surface area contributed by atoms with Crippen LogP contribution in [-0.2, 0) is 11.3 Å². The molecule has 3 nitrogen and oxygen atoms in total. The molecular weight excluding hydrogens is 258 g/mol. The molecule has 0 bridgehead atoms. The monoisotopic (exact) mass is 279 g/mol. The lowest BCUT2D eigenvalue weighted by atomic mass is 10.00. The summed E-state index contributed by atoms with van der Waals surface area (Å²) in [6.45, 7) is 4.46. The van der Waals surface area contributed by atoms with Gasteiger partial charge in [0.05, 0.1) is 0 Å². The molecule has 1 atom stereocenters. The van der Waals surface area contributed by atoms with E-state index in [9.17, 15) is 4.79 Å². The molecule has 1 unspecified atom stereocenters. The molecule has 1 aliphatic heterocycles. The van der Waals surface area contributed by atoms with E-state index in [0.717, 1.165) is 12.1 Å². The third-order valence-electron chi connectivity index (χ3n) is 3.67. The fourth-order valence-corrected chi connectivity index (χ4v) is 3.54. The smallest absolute Gasteiger partial charge is 0.328 e. The molecule has 0 amide bonds. The Labute approximate surface area is 118 Å². The molecule has 19 heavy (non-hydrogen) atoms. The van der Waals surface area contributed by atoms with Crippen molar-refractivity contribution in [1.82, 2.24) is 4.90 Å². The van der Waals surface area contributed by atoms with E-state index in [-0.39, 0.29) is 0 Å². The highest BCUT2D eigenvalue weighted by Crippen LogP contribution is 2.24. The van der Waals surface area contributed by atoms with Crippen LogP contribution in [0, 0.1) is 0 Å². The molecule has 1 aliphatic rings. The van der Waals surface area contributed by atoms with Crippen LogP contribution in [0.25, 0.3) is 6.08 Å². The van der Waals surface area contributed by atoms with Crippen LogP contribution in [0.15, 0.2) is 17.5 Å². The van der Waals surface area contributed by atoms with Gasteiger partial charge in [0.25, 0.3) is 0 Å². The number of aliphatic carboxylic acids is 1. The normalized spacial score (nSPS) is 21.0. The lowest BCUT2D eigenvalue weighted by Gasteiger charge is -2.34. The maximum Gasteiger partial charge on any atom is 0.328 e. The van der Waals surface area contributed by atoms with Gasteiger partial charge in [0.2, 0.25) is 0 Å². The zero-order chi connectivity index (χ0) is 13.7. The van der Waals surface area contributed by atoms with Gasteiger partial charge in [0.15, 0.2) is 0 Å². The topological polar surface area (TPSA) is 40.5 Å². The molecule has 0 spiro atoms. The second-order valence-electron chi connectivity index (χ2n) is 5.05. The molecule has 0 aromatic carbocycles. The van der Waals surface area contributed by atoms with Crippen molar-refractivity contribution in [1.29, 1.82) is 0 Å². The summed E-state index contributed by atoms with van der Waals surface area (Å²) in [6.07, 6.45) is 8.04. The minimum atomic E-state index is -0.894. The Morgan fingerprint density at radius 1 is 1.58 bits per heavy atom. The number of carboxylic acid groups (broad SMARTS) is 1.